The van der Waals surface area contributed by atoms with Crippen LogP contribution in [0.1, 0.15) is 37.6 Å². The molecular formula is C16H20O6. The molecule has 0 amide bonds. The fourth-order valence-electron chi connectivity index (χ4n) is 2.85. The molecule has 0 aliphatic carbocycles. The summed E-state index contributed by atoms with van der Waals surface area (Å²) in [6.45, 7) is 5.27. The molecule has 0 radical (unpaired) electrons. The smallest absolute Gasteiger partial charge is 0.340 e. The second kappa shape index (κ2) is 5.31. The Morgan fingerprint density at radius 1 is 1.27 bits per heavy atom. The zero-order valence-corrected chi connectivity index (χ0v) is 12.8. The van der Waals surface area contributed by atoms with Crippen molar-refractivity contribution in [2.45, 2.75) is 57.3 Å². The summed E-state index contributed by atoms with van der Waals surface area (Å²) >= 11 is 0. The highest BCUT2D eigenvalue weighted by Gasteiger charge is 2.65. The maximum absolute atomic E-state index is 12.3. The van der Waals surface area contributed by atoms with Crippen molar-refractivity contribution in [3.05, 3.63) is 35.9 Å². The van der Waals surface area contributed by atoms with E-state index in [0.717, 1.165) is 0 Å². The van der Waals surface area contributed by atoms with E-state index in [9.17, 15) is 9.90 Å². The Balaban J connectivity index is 1.84. The van der Waals surface area contributed by atoms with Gasteiger partial charge in [-0.2, -0.15) is 0 Å². The van der Waals surface area contributed by atoms with Crippen molar-refractivity contribution in [3.8, 4) is 0 Å². The molecule has 3 rings (SSSR count). The monoisotopic (exact) mass is 308 g/mol. The first kappa shape index (κ1) is 15.4. The Kier molecular flexibility index (Phi) is 3.72. The molecule has 0 saturated carbocycles. The molecule has 2 aliphatic rings. The van der Waals surface area contributed by atoms with E-state index in [2.05, 4.69) is 0 Å². The molecular weight excluding hydrogens is 288 g/mol. The lowest BCUT2D eigenvalue weighted by molar-refractivity contribution is -0.279. The summed E-state index contributed by atoms with van der Waals surface area (Å²) in [6, 6.07) is 8.49. The molecule has 6 heteroatoms. The average molecular weight is 308 g/mol. The Labute approximate surface area is 128 Å². The third-order valence-electron chi connectivity index (χ3n) is 3.86. The van der Waals surface area contributed by atoms with Gasteiger partial charge in [0.25, 0.3) is 5.79 Å². The van der Waals surface area contributed by atoms with Gasteiger partial charge in [0.05, 0.1) is 5.56 Å². The van der Waals surface area contributed by atoms with Gasteiger partial charge in [0.15, 0.2) is 18.2 Å². The molecule has 4 atom stereocenters. The Bertz CT molecular complexity index is 557. The second-order valence-electron chi connectivity index (χ2n) is 5.96. The van der Waals surface area contributed by atoms with E-state index >= 15 is 0 Å². The Morgan fingerprint density at radius 2 is 1.95 bits per heavy atom. The van der Waals surface area contributed by atoms with Gasteiger partial charge in [-0.25, -0.2) is 4.79 Å². The third kappa shape index (κ3) is 2.52. The molecule has 2 heterocycles. The zero-order chi connectivity index (χ0) is 16.0. The van der Waals surface area contributed by atoms with Gasteiger partial charge in [-0.1, -0.05) is 25.1 Å². The van der Waals surface area contributed by atoms with Crippen LogP contribution in [0.4, 0.5) is 0 Å². The Morgan fingerprint density at radius 3 is 2.59 bits per heavy atom. The van der Waals surface area contributed by atoms with Crippen LogP contribution in [-0.2, 0) is 18.9 Å². The van der Waals surface area contributed by atoms with Gasteiger partial charge < -0.3 is 24.1 Å². The van der Waals surface area contributed by atoms with Gasteiger partial charge in [0.2, 0.25) is 0 Å². The van der Waals surface area contributed by atoms with E-state index in [-0.39, 0.29) is 0 Å². The zero-order valence-electron chi connectivity index (χ0n) is 12.8. The van der Waals surface area contributed by atoms with Gasteiger partial charge in [-0.05, 0) is 32.4 Å². The summed E-state index contributed by atoms with van der Waals surface area (Å²) in [5.41, 5.74) is 0.354. The van der Waals surface area contributed by atoms with E-state index in [0.29, 0.717) is 12.0 Å². The van der Waals surface area contributed by atoms with E-state index in [1.165, 1.54) is 0 Å². The minimum atomic E-state index is -1.87. The first-order chi connectivity index (χ1) is 10.4. The van der Waals surface area contributed by atoms with Crippen LogP contribution in [0.5, 0.6) is 0 Å². The summed E-state index contributed by atoms with van der Waals surface area (Å²) in [5, 5.41) is 10.9. The van der Waals surface area contributed by atoms with Gasteiger partial charge in [-0.15, -0.1) is 0 Å². The first-order valence-corrected chi connectivity index (χ1v) is 7.37. The number of hydrogen-bond donors (Lipinski definition) is 1. The third-order valence-corrected chi connectivity index (χ3v) is 3.86. The van der Waals surface area contributed by atoms with E-state index < -0.39 is 36.0 Å². The highest BCUT2D eigenvalue weighted by Crippen LogP contribution is 2.44. The molecule has 0 bridgehead atoms. The quantitative estimate of drug-likeness (QED) is 0.678. The highest BCUT2D eigenvalue weighted by molar-refractivity contribution is 5.89. The number of hydrogen-bond acceptors (Lipinski definition) is 6. The van der Waals surface area contributed by atoms with Crippen LogP contribution in [0.25, 0.3) is 0 Å². The lowest BCUT2D eigenvalue weighted by Crippen LogP contribution is -2.52. The van der Waals surface area contributed by atoms with Crippen molar-refractivity contribution in [1.82, 2.24) is 0 Å². The van der Waals surface area contributed by atoms with Crippen LogP contribution in [0.3, 0.4) is 0 Å². The van der Waals surface area contributed by atoms with Crippen LogP contribution in [0.2, 0.25) is 0 Å². The van der Waals surface area contributed by atoms with Gasteiger partial charge in [0, 0.05) is 0 Å². The number of fused-ring (bicyclic) bond motifs is 1. The maximum atomic E-state index is 12.3. The van der Waals surface area contributed by atoms with Gasteiger partial charge in [-0.3, -0.25) is 0 Å². The summed E-state index contributed by atoms with van der Waals surface area (Å²) in [4.78, 5) is 12.3. The Hall–Kier alpha value is -1.47. The number of carbonyl (C=O) groups excluding carboxylic acids is 1. The van der Waals surface area contributed by atoms with Crippen LogP contribution in [-0.4, -0.2) is 41.1 Å². The van der Waals surface area contributed by atoms with Crippen LogP contribution in [0.15, 0.2) is 30.3 Å². The summed E-state index contributed by atoms with van der Waals surface area (Å²) in [5.74, 6) is -3.40. The van der Waals surface area contributed by atoms with Crippen molar-refractivity contribution in [3.63, 3.8) is 0 Å². The number of ether oxygens (including phenoxy) is 4. The topological polar surface area (TPSA) is 74.2 Å². The molecule has 0 aromatic heterocycles. The minimum Gasteiger partial charge on any atom is -0.424 e. The number of esters is 1. The largest absolute Gasteiger partial charge is 0.424 e. The predicted molar refractivity (Wildman–Crippen MR) is 75.8 cm³/mol. The molecule has 2 fully saturated rings. The first-order valence-electron chi connectivity index (χ1n) is 7.37. The van der Waals surface area contributed by atoms with E-state index in [4.69, 9.17) is 18.9 Å². The molecule has 2 aliphatic heterocycles. The predicted octanol–water partition coefficient (Wildman–Crippen LogP) is 1.82. The fraction of sp³-hybridized carbons (Fsp3) is 0.562. The number of rotatable bonds is 3. The van der Waals surface area contributed by atoms with Crippen LogP contribution >= 0.6 is 0 Å². The second-order valence-corrected chi connectivity index (χ2v) is 5.96. The summed E-state index contributed by atoms with van der Waals surface area (Å²) in [6.07, 6.45) is -1.88. The number of aliphatic hydroxyl groups is 1. The summed E-state index contributed by atoms with van der Waals surface area (Å²) < 4.78 is 22.3. The molecule has 1 unspecified atom stereocenters. The van der Waals surface area contributed by atoms with Gasteiger partial charge >= 0.3 is 5.97 Å². The molecule has 2 saturated heterocycles. The number of benzene rings is 1. The van der Waals surface area contributed by atoms with Crippen LogP contribution < -0.4 is 0 Å². The van der Waals surface area contributed by atoms with Crippen molar-refractivity contribution >= 4 is 5.97 Å². The fourth-order valence-corrected chi connectivity index (χ4v) is 2.85. The van der Waals surface area contributed by atoms with Gasteiger partial charge in [0.1, 0.15) is 6.10 Å². The van der Waals surface area contributed by atoms with Crippen molar-refractivity contribution in [2.75, 3.05) is 0 Å². The molecule has 1 aromatic rings. The maximum Gasteiger partial charge on any atom is 0.340 e. The molecule has 1 aromatic carbocycles. The molecule has 22 heavy (non-hydrogen) atoms. The number of carbonyl (C=O) groups is 1. The standard InChI is InChI=1S/C16H20O6/c1-4-11-16(18,12-14(19-11)22-15(2,3)20-12)21-13(17)10-8-6-5-7-9-10/h5-9,11-12,14,18H,4H2,1-3H3/t11-,12+,14?,16-/m1/s1. The lowest BCUT2D eigenvalue weighted by Gasteiger charge is -2.32. The normalized spacial score (nSPS) is 36.1. The van der Waals surface area contributed by atoms with E-state index in [1.807, 2.05) is 6.92 Å². The van der Waals surface area contributed by atoms with Crippen molar-refractivity contribution in [1.29, 1.82) is 0 Å². The molecule has 1 N–H and O–H groups in total. The average Bonchev–Trinajstić information content (AvgIpc) is 2.91. The molecule has 120 valence electrons. The van der Waals surface area contributed by atoms with Crippen molar-refractivity contribution in [2.24, 2.45) is 0 Å². The minimum absolute atomic E-state index is 0.354. The molecule has 6 nitrogen and oxygen atoms in total. The van der Waals surface area contributed by atoms with Crippen LogP contribution in [0, 0.1) is 0 Å². The van der Waals surface area contributed by atoms with E-state index in [1.54, 1.807) is 44.2 Å². The summed E-state index contributed by atoms with van der Waals surface area (Å²) in [7, 11) is 0. The SMILES string of the molecule is CC[C@H]1OC2OC(C)(C)O[C@@H]2[C@]1(O)OC(=O)c1ccccc1. The highest BCUT2D eigenvalue weighted by atomic mass is 16.9. The van der Waals surface area contributed by atoms with Crippen molar-refractivity contribution < 1.29 is 28.8 Å². The molecule has 0 spiro atoms. The lowest BCUT2D eigenvalue weighted by atomic mass is 10.0.